The summed E-state index contributed by atoms with van der Waals surface area (Å²) in [5.41, 5.74) is -1.47. The van der Waals surface area contributed by atoms with Crippen molar-refractivity contribution in [3.05, 3.63) is 82.8 Å². The number of amides is 1. The Bertz CT molecular complexity index is 909. The normalized spacial score (nSPS) is 14.3. The summed E-state index contributed by atoms with van der Waals surface area (Å²) >= 11 is 0. The first-order valence-electron chi connectivity index (χ1n) is 9.10. The fraction of sp³-hybridized carbons (Fsp3) is 0.286. The highest BCUT2D eigenvalue weighted by molar-refractivity contribution is 5.91. The predicted octanol–water partition coefficient (Wildman–Crippen LogP) is 5.14. The van der Waals surface area contributed by atoms with Crippen LogP contribution in [0.15, 0.2) is 60.6 Å². The molecule has 0 bridgehead atoms. The molecule has 0 aromatic heterocycles. The Morgan fingerprint density at radius 1 is 0.839 bits per heavy atom. The van der Waals surface area contributed by atoms with Gasteiger partial charge in [-0.05, 0) is 35.4 Å². The summed E-state index contributed by atoms with van der Waals surface area (Å²) in [4.78, 5) is 14.0. The molecule has 0 N–H and O–H groups in total. The monoisotopic (exact) mass is 445 g/mol. The molecule has 0 radical (unpaired) electrons. The molecule has 0 fully saturated rings. The number of hydrogen-bond acceptors (Lipinski definition) is 3. The van der Waals surface area contributed by atoms with E-state index in [-0.39, 0.29) is 43.2 Å². The van der Waals surface area contributed by atoms with Crippen LogP contribution in [0, 0.1) is 0 Å². The Morgan fingerprint density at radius 3 is 1.77 bits per heavy atom. The minimum atomic E-state index is -4.57. The van der Waals surface area contributed by atoms with Gasteiger partial charge in [0.05, 0.1) is 11.1 Å². The van der Waals surface area contributed by atoms with E-state index in [1.807, 2.05) is 0 Å². The maximum atomic E-state index is 13.0. The number of alkyl halides is 6. The van der Waals surface area contributed by atoms with E-state index in [1.54, 1.807) is 0 Å². The minimum Gasteiger partial charge on any atom is -0.494 e. The summed E-state index contributed by atoms with van der Waals surface area (Å²) in [7, 11) is 0. The van der Waals surface area contributed by atoms with Crippen LogP contribution in [0.25, 0.3) is 0 Å². The zero-order valence-electron chi connectivity index (χ0n) is 16.0. The summed E-state index contributed by atoms with van der Waals surface area (Å²) in [6.45, 7) is -0.240. The van der Waals surface area contributed by atoms with Crippen molar-refractivity contribution in [1.29, 1.82) is 0 Å². The summed E-state index contributed by atoms with van der Waals surface area (Å²) in [5.74, 6) is -0.889. The predicted molar refractivity (Wildman–Crippen MR) is 97.1 cm³/mol. The molecular formula is C21H17F6NO3. The Morgan fingerprint density at radius 2 is 1.35 bits per heavy atom. The third-order valence-electron chi connectivity index (χ3n) is 4.40. The second kappa shape index (κ2) is 8.91. The van der Waals surface area contributed by atoms with Gasteiger partial charge >= 0.3 is 12.4 Å². The smallest absolute Gasteiger partial charge is 0.416 e. The highest BCUT2D eigenvalue weighted by Gasteiger charge is 2.32. The van der Waals surface area contributed by atoms with E-state index in [0.717, 1.165) is 35.4 Å². The van der Waals surface area contributed by atoms with Crippen molar-refractivity contribution in [2.24, 2.45) is 0 Å². The molecular weight excluding hydrogens is 428 g/mol. The number of nitrogens with zero attached hydrogens (tertiary/aromatic N) is 1. The molecule has 0 atom stereocenters. The molecule has 0 unspecified atom stereocenters. The molecule has 166 valence electrons. The van der Waals surface area contributed by atoms with Gasteiger partial charge in [0.1, 0.15) is 19.5 Å². The topological polar surface area (TPSA) is 38.8 Å². The van der Waals surface area contributed by atoms with Crippen LogP contribution < -0.4 is 0 Å². The van der Waals surface area contributed by atoms with Gasteiger partial charge in [-0.25, -0.2) is 0 Å². The van der Waals surface area contributed by atoms with E-state index in [9.17, 15) is 31.1 Å². The van der Waals surface area contributed by atoms with Crippen molar-refractivity contribution in [3.63, 3.8) is 0 Å². The molecule has 31 heavy (non-hydrogen) atoms. The summed E-state index contributed by atoms with van der Waals surface area (Å²) < 4.78 is 88.4. The molecule has 1 heterocycles. The van der Waals surface area contributed by atoms with Gasteiger partial charge in [-0.1, -0.05) is 24.3 Å². The van der Waals surface area contributed by atoms with Gasteiger partial charge < -0.3 is 14.4 Å². The number of carbonyl (C=O) groups is 1. The number of ether oxygens (including phenoxy) is 2. The second-order valence-corrected chi connectivity index (χ2v) is 6.76. The molecule has 2 aromatic rings. The molecule has 1 aliphatic heterocycles. The zero-order chi connectivity index (χ0) is 22.6. The van der Waals surface area contributed by atoms with E-state index in [4.69, 9.17) is 9.47 Å². The average Bonchev–Trinajstić information content (AvgIpc) is 2.72. The molecule has 0 saturated heterocycles. The van der Waals surface area contributed by atoms with E-state index in [0.29, 0.717) is 0 Å². The SMILES string of the molecule is O=C(C1=COCCO1)N(Cc1cccc(C(F)(F)F)c1)Cc1cccc(C(F)(F)F)c1. The van der Waals surface area contributed by atoms with E-state index >= 15 is 0 Å². The Balaban J connectivity index is 1.90. The van der Waals surface area contributed by atoms with Crippen LogP contribution in [-0.4, -0.2) is 24.0 Å². The lowest BCUT2D eigenvalue weighted by Crippen LogP contribution is -2.33. The maximum Gasteiger partial charge on any atom is 0.416 e. The second-order valence-electron chi connectivity index (χ2n) is 6.76. The highest BCUT2D eigenvalue weighted by atomic mass is 19.4. The lowest BCUT2D eigenvalue weighted by Gasteiger charge is -2.26. The van der Waals surface area contributed by atoms with Crippen molar-refractivity contribution in [3.8, 4) is 0 Å². The summed E-state index contributed by atoms with van der Waals surface area (Å²) in [6.07, 6.45) is -8.07. The number of hydrogen-bond donors (Lipinski definition) is 0. The summed E-state index contributed by atoms with van der Waals surface area (Å²) in [5, 5.41) is 0. The van der Waals surface area contributed by atoms with Crippen LogP contribution in [-0.2, 0) is 39.7 Å². The van der Waals surface area contributed by atoms with Crippen molar-refractivity contribution < 1.29 is 40.6 Å². The molecule has 0 spiro atoms. The number of halogens is 6. The molecule has 2 aromatic carbocycles. The number of rotatable bonds is 5. The quantitative estimate of drug-likeness (QED) is 0.599. The fourth-order valence-corrected chi connectivity index (χ4v) is 2.97. The van der Waals surface area contributed by atoms with E-state index < -0.39 is 29.4 Å². The highest BCUT2D eigenvalue weighted by Crippen LogP contribution is 2.31. The van der Waals surface area contributed by atoms with Gasteiger partial charge in [-0.15, -0.1) is 0 Å². The van der Waals surface area contributed by atoms with Crippen LogP contribution in [0.5, 0.6) is 0 Å². The van der Waals surface area contributed by atoms with Crippen molar-refractivity contribution in [2.75, 3.05) is 13.2 Å². The molecule has 10 heteroatoms. The first kappa shape index (κ1) is 22.5. The molecule has 1 aliphatic rings. The first-order valence-corrected chi connectivity index (χ1v) is 9.10. The molecule has 4 nitrogen and oxygen atoms in total. The average molecular weight is 445 g/mol. The van der Waals surface area contributed by atoms with Crippen molar-refractivity contribution in [1.82, 2.24) is 4.90 Å². The van der Waals surface area contributed by atoms with Crippen molar-refractivity contribution in [2.45, 2.75) is 25.4 Å². The Labute approximate surface area is 173 Å². The zero-order valence-corrected chi connectivity index (χ0v) is 16.0. The van der Waals surface area contributed by atoms with E-state index in [1.165, 1.54) is 24.3 Å². The molecule has 3 rings (SSSR count). The standard InChI is InChI=1S/C21H17F6NO3/c22-20(23,24)16-5-1-3-14(9-16)11-28(19(29)18-13-30-7-8-31-18)12-15-4-2-6-17(10-15)21(25,26)27/h1-6,9-10,13H,7-8,11-12H2. The largest absolute Gasteiger partial charge is 0.494 e. The van der Waals surface area contributed by atoms with Gasteiger partial charge in [-0.3, -0.25) is 4.79 Å². The van der Waals surface area contributed by atoms with Crippen LogP contribution in [0.1, 0.15) is 22.3 Å². The number of carbonyl (C=O) groups excluding carboxylic acids is 1. The van der Waals surface area contributed by atoms with E-state index in [2.05, 4.69) is 0 Å². The maximum absolute atomic E-state index is 13.0. The molecule has 0 aliphatic carbocycles. The third kappa shape index (κ3) is 5.93. The number of benzene rings is 2. The van der Waals surface area contributed by atoms with Crippen LogP contribution >= 0.6 is 0 Å². The van der Waals surface area contributed by atoms with Gasteiger partial charge in [0.15, 0.2) is 0 Å². The van der Waals surface area contributed by atoms with Crippen LogP contribution in [0.2, 0.25) is 0 Å². The third-order valence-corrected chi connectivity index (χ3v) is 4.40. The minimum absolute atomic E-state index is 0.0958. The summed E-state index contributed by atoms with van der Waals surface area (Å²) in [6, 6.07) is 8.75. The molecule has 0 saturated carbocycles. The Kier molecular flexibility index (Phi) is 6.47. The Hall–Kier alpha value is -3.17. The van der Waals surface area contributed by atoms with Gasteiger partial charge in [0.2, 0.25) is 5.76 Å². The fourth-order valence-electron chi connectivity index (χ4n) is 2.97. The molecule has 1 amide bonds. The lowest BCUT2D eigenvalue weighted by atomic mass is 10.1. The van der Waals surface area contributed by atoms with Crippen molar-refractivity contribution >= 4 is 5.91 Å². The lowest BCUT2D eigenvalue weighted by molar-refractivity contribution is -0.138. The first-order chi connectivity index (χ1) is 14.5. The van der Waals surface area contributed by atoms with Gasteiger partial charge in [-0.2, -0.15) is 26.3 Å². The van der Waals surface area contributed by atoms with Crippen LogP contribution in [0.4, 0.5) is 26.3 Å². The van der Waals surface area contributed by atoms with Gasteiger partial charge in [0, 0.05) is 13.1 Å². The van der Waals surface area contributed by atoms with Gasteiger partial charge in [0.25, 0.3) is 5.91 Å². The van der Waals surface area contributed by atoms with Crippen LogP contribution in [0.3, 0.4) is 0 Å².